The largest absolute Gasteiger partial charge is 0.344 e. The maximum absolute atomic E-state index is 9.00. The van der Waals surface area contributed by atoms with Crippen LogP contribution in [0, 0.1) is 18.3 Å². The Labute approximate surface area is 96.2 Å². The third kappa shape index (κ3) is 1.53. The molecular weight excluding hydrogens is 198 g/mol. The van der Waals surface area contributed by atoms with Crippen molar-refractivity contribution >= 4 is 5.69 Å². The zero-order valence-corrected chi connectivity index (χ0v) is 9.81. The highest BCUT2D eigenvalue weighted by molar-refractivity contribution is 5.58. The highest BCUT2D eigenvalue weighted by Crippen LogP contribution is 2.29. The summed E-state index contributed by atoms with van der Waals surface area (Å²) in [5, 5.41) is 9.00. The second-order valence-electron chi connectivity index (χ2n) is 4.06. The highest BCUT2D eigenvalue weighted by atomic mass is 15.4. The Morgan fingerprint density at radius 3 is 2.56 bits per heavy atom. The van der Waals surface area contributed by atoms with Gasteiger partial charge in [-0.3, -0.25) is 0 Å². The normalized spacial score (nSPS) is 19.6. The molecule has 0 saturated carbocycles. The molecule has 1 aliphatic rings. The van der Waals surface area contributed by atoms with Crippen molar-refractivity contribution in [2.24, 2.45) is 0 Å². The zero-order chi connectivity index (χ0) is 11.7. The fourth-order valence-electron chi connectivity index (χ4n) is 1.95. The first-order valence-electron chi connectivity index (χ1n) is 5.34. The van der Waals surface area contributed by atoms with Gasteiger partial charge in [-0.25, -0.2) is 0 Å². The van der Waals surface area contributed by atoms with Crippen LogP contribution in [0.5, 0.6) is 0 Å². The highest BCUT2D eigenvalue weighted by Gasteiger charge is 2.27. The minimum Gasteiger partial charge on any atom is -0.344 e. The Hall–Kier alpha value is -1.95. The van der Waals surface area contributed by atoms with Gasteiger partial charge in [0.15, 0.2) is 0 Å². The van der Waals surface area contributed by atoms with E-state index in [2.05, 4.69) is 36.9 Å². The smallest absolute Gasteiger partial charge is 0.134 e. The van der Waals surface area contributed by atoms with E-state index in [1.54, 1.807) is 0 Å². The summed E-state index contributed by atoms with van der Waals surface area (Å²) in [4.78, 5) is 4.11. The number of hydrogen-bond donors (Lipinski definition) is 0. The summed E-state index contributed by atoms with van der Waals surface area (Å²) in [6.45, 7) is 4.17. The number of nitrogens with zero attached hydrogens (tertiary/aromatic N) is 3. The summed E-state index contributed by atoms with van der Waals surface area (Å²) in [5.41, 5.74) is 3.08. The van der Waals surface area contributed by atoms with E-state index in [1.165, 1.54) is 5.56 Å². The average Bonchev–Trinajstić information content (AvgIpc) is 2.57. The van der Waals surface area contributed by atoms with Crippen molar-refractivity contribution in [3.63, 3.8) is 0 Å². The van der Waals surface area contributed by atoms with Crippen molar-refractivity contribution in [3.05, 3.63) is 41.7 Å². The summed E-state index contributed by atoms with van der Waals surface area (Å²) in [7, 11) is 1.94. The van der Waals surface area contributed by atoms with E-state index in [0.29, 0.717) is 5.70 Å². The molecule has 0 aliphatic carbocycles. The van der Waals surface area contributed by atoms with Gasteiger partial charge in [-0.2, -0.15) is 5.26 Å². The molecule has 1 heterocycles. The maximum Gasteiger partial charge on any atom is 0.134 e. The molecule has 0 unspecified atom stereocenters. The quantitative estimate of drug-likeness (QED) is 0.718. The number of aryl methyl sites for hydroxylation is 1. The summed E-state index contributed by atoms with van der Waals surface area (Å²) in [5.74, 6) is 0. The number of para-hydroxylation sites is 1. The molecule has 3 heteroatoms. The third-order valence-electron chi connectivity index (χ3n) is 3.11. The zero-order valence-electron chi connectivity index (χ0n) is 9.81. The Bertz CT molecular complexity index is 470. The van der Waals surface area contributed by atoms with Crippen LogP contribution in [0.3, 0.4) is 0 Å². The first kappa shape index (κ1) is 10.6. The molecule has 1 aromatic carbocycles. The lowest BCUT2D eigenvalue weighted by molar-refractivity contribution is 0.367. The molecule has 0 saturated heterocycles. The summed E-state index contributed by atoms with van der Waals surface area (Å²) in [6, 6.07) is 10.4. The Kier molecular flexibility index (Phi) is 2.57. The topological polar surface area (TPSA) is 30.3 Å². The predicted octanol–water partition coefficient (Wildman–Crippen LogP) is 2.46. The van der Waals surface area contributed by atoms with Crippen LogP contribution in [0.15, 0.2) is 36.2 Å². The van der Waals surface area contributed by atoms with Gasteiger partial charge in [0.2, 0.25) is 0 Å². The van der Waals surface area contributed by atoms with Crippen molar-refractivity contribution in [2.75, 3.05) is 11.9 Å². The molecule has 2 rings (SSSR count). The molecule has 0 radical (unpaired) electrons. The molecular formula is C13H15N3. The van der Waals surface area contributed by atoms with Gasteiger partial charge in [0.25, 0.3) is 0 Å². The van der Waals surface area contributed by atoms with Crippen LogP contribution >= 0.6 is 0 Å². The molecule has 1 atom stereocenters. The number of benzene rings is 1. The van der Waals surface area contributed by atoms with Crippen LogP contribution in [-0.2, 0) is 0 Å². The number of nitriles is 1. The van der Waals surface area contributed by atoms with Crippen molar-refractivity contribution < 1.29 is 0 Å². The molecule has 0 spiro atoms. The van der Waals surface area contributed by atoms with Gasteiger partial charge in [0.1, 0.15) is 17.9 Å². The minimum atomic E-state index is 0.191. The molecule has 0 N–H and O–H groups in total. The Morgan fingerprint density at radius 2 is 2.00 bits per heavy atom. The Morgan fingerprint density at radius 1 is 1.31 bits per heavy atom. The first-order valence-corrected chi connectivity index (χ1v) is 5.34. The number of hydrogen-bond acceptors (Lipinski definition) is 3. The predicted molar refractivity (Wildman–Crippen MR) is 64.6 cm³/mol. The standard InChI is InChI=1S/C13H15N3/c1-10-6-4-5-7-13(10)16-9-12(8-14)15(3)11(16)2/h4-7,9,11H,1-3H3/t11-/m0/s1. The van der Waals surface area contributed by atoms with Gasteiger partial charge in [-0.05, 0) is 25.5 Å². The lowest BCUT2D eigenvalue weighted by atomic mass is 10.2. The van der Waals surface area contributed by atoms with Crippen LogP contribution in [0.4, 0.5) is 5.69 Å². The van der Waals surface area contributed by atoms with Crippen LogP contribution in [0.25, 0.3) is 0 Å². The lowest BCUT2D eigenvalue weighted by Gasteiger charge is -2.28. The lowest BCUT2D eigenvalue weighted by Crippen LogP contribution is -2.34. The van der Waals surface area contributed by atoms with E-state index in [0.717, 1.165) is 5.69 Å². The molecule has 0 amide bonds. The van der Waals surface area contributed by atoms with E-state index in [4.69, 9.17) is 5.26 Å². The van der Waals surface area contributed by atoms with E-state index >= 15 is 0 Å². The summed E-state index contributed by atoms with van der Waals surface area (Å²) in [6.07, 6.45) is 2.10. The van der Waals surface area contributed by atoms with Gasteiger partial charge in [0.05, 0.1) is 0 Å². The number of allylic oxidation sites excluding steroid dienone is 1. The van der Waals surface area contributed by atoms with E-state index < -0.39 is 0 Å². The van der Waals surface area contributed by atoms with E-state index in [1.807, 2.05) is 30.3 Å². The van der Waals surface area contributed by atoms with Gasteiger partial charge in [-0.1, -0.05) is 18.2 Å². The molecule has 1 aliphatic heterocycles. The second-order valence-corrected chi connectivity index (χ2v) is 4.06. The minimum absolute atomic E-state index is 0.191. The van der Waals surface area contributed by atoms with Gasteiger partial charge < -0.3 is 9.80 Å². The van der Waals surface area contributed by atoms with Gasteiger partial charge in [-0.15, -0.1) is 0 Å². The molecule has 0 bridgehead atoms. The molecule has 1 aromatic rings. The second kappa shape index (κ2) is 3.90. The van der Waals surface area contributed by atoms with Crippen LogP contribution in [0.2, 0.25) is 0 Å². The number of rotatable bonds is 1. The molecule has 0 fully saturated rings. The van der Waals surface area contributed by atoms with Crippen molar-refractivity contribution in [2.45, 2.75) is 20.0 Å². The molecule has 0 aromatic heterocycles. The SMILES string of the molecule is Cc1ccccc1N1C=C(C#N)N(C)[C@@H]1C. The number of anilines is 1. The van der Waals surface area contributed by atoms with Crippen LogP contribution in [0.1, 0.15) is 12.5 Å². The van der Waals surface area contributed by atoms with Crippen LogP contribution < -0.4 is 4.90 Å². The van der Waals surface area contributed by atoms with Crippen molar-refractivity contribution in [1.29, 1.82) is 5.26 Å². The third-order valence-corrected chi connectivity index (χ3v) is 3.11. The average molecular weight is 213 g/mol. The van der Waals surface area contributed by atoms with Crippen LogP contribution in [-0.4, -0.2) is 18.1 Å². The van der Waals surface area contributed by atoms with Gasteiger partial charge >= 0.3 is 0 Å². The van der Waals surface area contributed by atoms with E-state index in [9.17, 15) is 0 Å². The van der Waals surface area contributed by atoms with E-state index in [-0.39, 0.29) is 6.17 Å². The summed E-state index contributed by atoms with van der Waals surface area (Å²) < 4.78 is 0. The fourth-order valence-corrected chi connectivity index (χ4v) is 1.95. The summed E-state index contributed by atoms with van der Waals surface area (Å²) >= 11 is 0. The maximum atomic E-state index is 9.00. The van der Waals surface area contributed by atoms with Gasteiger partial charge in [0, 0.05) is 18.9 Å². The first-order chi connectivity index (χ1) is 7.65. The Balaban J connectivity index is 2.41. The molecule has 3 nitrogen and oxygen atoms in total. The monoisotopic (exact) mass is 213 g/mol. The molecule has 16 heavy (non-hydrogen) atoms. The molecule has 82 valence electrons. The van der Waals surface area contributed by atoms with Crippen molar-refractivity contribution in [1.82, 2.24) is 4.90 Å². The fraction of sp³-hybridized carbons (Fsp3) is 0.308. The van der Waals surface area contributed by atoms with Crippen molar-refractivity contribution in [3.8, 4) is 6.07 Å².